The number of para-hydroxylation sites is 1. The van der Waals surface area contributed by atoms with Gasteiger partial charge in [0.05, 0.1) is 17.2 Å². The number of nitrogens with zero attached hydrogens (tertiary/aromatic N) is 2. The van der Waals surface area contributed by atoms with E-state index in [1.54, 1.807) is 6.07 Å². The second-order valence-electron chi connectivity index (χ2n) is 7.52. The molecule has 0 bridgehead atoms. The van der Waals surface area contributed by atoms with E-state index in [4.69, 9.17) is 11.6 Å². The Kier molecular flexibility index (Phi) is 6.09. The number of carbonyl (C=O) groups is 1. The van der Waals surface area contributed by atoms with Crippen LogP contribution in [0.2, 0.25) is 5.15 Å². The molecule has 150 valence electrons. The molecule has 6 heteroatoms. The van der Waals surface area contributed by atoms with E-state index in [1.807, 2.05) is 36.4 Å². The minimum Gasteiger partial charge on any atom is -0.393 e. The minimum atomic E-state index is -0.165. The number of nitrogens with one attached hydrogen (secondary N) is 1. The third-order valence-electron chi connectivity index (χ3n) is 5.37. The molecular formula is C23H24ClN3O2. The lowest BCUT2D eigenvalue weighted by molar-refractivity contribution is 0.0792. The standard InChI is InChI=1S/C23H24ClN3O2/c24-22-13-20(19-3-1-2-4-21(19)26-22)23(29)25-14-16-5-7-17(8-6-16)15-27-11-9-18(28)10-12-27/h1-8,13,18,28H,9-12,14-15H2,(H,25,29). The SMILES string of the molecule is O=C(NCc1ccc(CN2CCC(O)CC2)cc1)c1cc(Cl)nc2ccccc12. The van der Waals surface area contributed by atoms with Crippen LogP contribution in [0.1, 0.15) is 34.3 Å². The summed E-state index contributed by atoms with van der Waals surface area (Å²) in [6, 6.07) is 17.4. The van der Waals surface area contributed by atoms with Gasteiger partial charge in [-0.3, -0.25) is 9.69 Å². The molecular weight excluding hydrogens is 386 g/mol. The van der Waals surface area contributed by atoms with E-state index in [0.717, 1.165) is 43.4 Å². The molecule has 4 rings (SSSR count). The van der Waals surface area contributed by atoms with Crippen molar-refractivity contribution < 1.29 is 9.90 Å². The first-order valence-corrected chi connectivity index (χ1v) is 10.3. The Bertz CT molecular complexity index is 999. The van der Waals surface area contributed by atoms with E-state index < -0.39 is 0 Å². The number of hydrogen-bond donors (Lipinski definition) is 2. The van der Waals surface area contributed by atoms with E-state index in [2.05, 4.69) is 27.3 Å². The van der Waals surface area contributed by atoms with Crippen molar-refractivity contribution in [3.8, 4) is 0 Å². The molecule has 0 atom stereocenters. The van der Waals surface area contributed by atoms with Crippen LogP contribution in [0, 0.1) is 0 Å². The summed E-state index contributed by atoms with van der Waals surface area (Å²) in [7, 11) is 0. The van der Waals surface area contributed by atoms with Crippen LogP contribution in [0.25, 0.3) is 10.9 Å². The number of aromatic nitrogens is 1. The number of hydrogen-bond acceptors (Lipinski definition) is 4. The number of amides is 1. The van der Waals surface area contributed by atoms with Crippen LogP contribution in [-0.2, 0) is 13.1 Å². The van der Waals surface area contributed by atoms with Gasteiger partial charge in [-0.25, -0.2) is 4.98 Å². The maximum atomic E-state index is 12.7. The van der Waals surface area contributed by atoms with Gasteiger partial charge in [-0.15, -0.1) is 0 Å². The second kappa shape index (κ2) is 8.91. The highest BCUT2D eigenvalue weighted by molar-refractivity contribution is 6.30. The third-order valence-corrected chi connectivity index (χ3v) is 5.56. The van der Waals surface area contributed by atoms with Gasteiger partial charge in [-0.1, -0.05) is 54.1 Å². The Morgan fingerprint density at radius 2 is 1.79 bits per heavy atom. The number of pyridine rings is 1. The predicted molar refractivity (Wildman–Crippen MR) is 115 cm³/mol. The fourth-order valence-corrected chi connectivity index (χ4v) is 3.91. The van der Waals surface area contributed by atoms with Crippen LogP contribution in [0.4, 0.5) is 0 Å². The molecule has 5 nitrogen and oxygen atoms in total. The topological polar surface area (TPSA) is 65.5 Å². The van der Waals surface area contributed by atoms with E-state index in [-0.39, 0.29) is 12.0 Å². The normalized spacial score (nSPS) is 15.5. The maximum Gasteiger partial charge on any atom is 0.252 e. The van der Waals surface area contributed by atoms with Crippen LogP contribution in [0.5, 0.6) is 0 Å². The number of fused-ring (bicyclic) bond motifs is 1. The summed E-state index contributed by atoms with van der Waals surface area (Å²) in [4.78, 5) is 19.3. The molecule has 3 aromatic rings. The maximum absolute atomic E-state index is 12.7. The summed E-state index contributed by atoms with van der Waals surface area (Å²) >= 11 is 6.08. The highest BCUT2D eigenvalue weighted by Crippen LogP contribution is 2.21. The van der Waals surface area contributed by atoms with Gasteiger partial charge in [0.2, 0.25) is 0 Å². The zero-order valence-electron chi connectivity index (χ0n) is 16.1. The van der Waals surface area contributed by atoms with Gasteiger partial charge in [0.15, 0.2) is 0 Å². The summed E-state index contributed by atoms with van der Waals surface area (Å²) in [5, 5.41) is 13.7. The predicted octanol–water partition coefficient (Wildman–Crippen LogP) is 3.77. The van der Waals surface area contributed by atoms with Crippen LogP contribution in [-0.4, -0.2) is 40.1 Å². The first kappa shape index (κ1) is 19.8. The van der Waals surface area contributed by atoms with E-state index in [0.29, 0.717) is 22.8 Å². The Morgan fingerprint density at radius 3 is 2.55 bits per heavy atom. The first-order valence-electron chi connectivity index (χ1n) is 9.90. The zero-order chi connectivity index (χ0) is 20.2. The zero-order valence-corrected chi connectivity index (χ0v) is 16.9. The van der Waals surface area contributed by atoms with Crippen molar-refractivity contribution in [1.29, 1.82) is 0 Å². The Hall–Kier alpha value is -2.47. The molecule has 1 aliphatic heterocycles. The molecule has 2 heterocycles. The molecule has 29 heavy (non-hydrogen) atoms. The van der Waals surface area contributed by atoms with Crippen LogP contribution < -0.4 is 5.32 Å². The van der Waals surface area contributed by atoms with Crippen molar-refractivity contribution in [3.63, 3.8) is 0 Å². The van der Waals surface area contributed by atoms with Gasteiger partial charge in [0, 0.05) is 31.6 Å². The molecule has 0 unspecified atom stereocenters. The monoisotopic (exact) mass is 409 g/mol. The van der Waals surface area contributed by atoms with Crippen LogP contribution in [0.3, 0.4) is 0 Å². The van der Waals surface area contributed by atoms with E-state index >= 15 is 0 Å². The molecule has 2 aromatic carbocycles. The van der Waals surface area contributed by atoms with Gasteiger partial charge < -0.3 is 10.4 Å². The third kappa shape index (κ3) is 4.93. The number of rotatable bonds is 5. The second-order valence-corrected chi connectivity index (χ2v) is 7.90. The highest BCUT2D eigenvalue weighted by atomic mass is 35.5. The smallest absolute Gasteiger partial charge is 0.252 e. The Morgan fingerprint density at radius 1 is 1.10 bits per heavy atom. The molecule has 1 aliphatic rings. The Labute approximate surface area is 175 Å². The lowest BCUT2D eigenvalue weighted by Crippen LogP contribution is -2.35. The number of aliphatic hydroxyl groups is 1. The largest absolute Gasteiger partial charge is 0.393 e. The fourth-order valence-electron chi connectivity index (χ4n) is 3.71. The number of halogens is 1. The van der Waals surface area contributed by atoms with Crippen LogP contribution in [0.15, 0.2) is 54.6 Å². The molecule has 0 radical (unpaired) electrons. The van der Waals surface area contributed by atoms with Crippen LogP contribution >= 0.6 is 11.6 Å². The van der Waals surface area contributed by atoms with Crippen molar-refractivity contribution in [3.05, 3.63) is 76.4 Å². The van der Waals surface area contributed by atoms with Gasteiger partial charge in [-0.05, 0) is 36.1 Å². The average molecular weight is 410 g/mol. The molecule has 0 saturated carbocycles. The van der Waals surface area contributed by atoms with Crippen molar-refractivity contribution >= 4 is 28.4 Å². The lowest BCUT2D eigenvalue weighted by Gasteiger charge is -2.29. The molecule has 0 spiro atoms. The quantitative estimate of drug-likeness (QED) is 0.629. The minimum absolute atomic E-state index is 0.148. The van der Waals surface area contributed by atoms with Crippen molar-refractivity contribution in [2.24, 2.45) is 0 Å². The molecule has 1 aromatic heterocycles. The summed E-state index contributed by atoms with van der Waals surface area (Å²) in [6.45, 7) is 3.20. The van der Waals surface area contributed by atoms with Crippen molar-refractivity contribution in [2.75, 3.05) is 13.1 Å². The molecule has 1 amide bonds. The van der Waals surface area contributed by atoms with Crippen molar-refractivity contribution in [1.82, 2.24) is 15.2 Å². The Balaban J connectivity index is 1.37. The van der Waals surface area contributed by atoms with Gasteiger partial charge >= 0.3 is 0 Å². The summed E-state index contributed by atoms with van der Waals surface area (Å²) in [6.07, 6.45) is 1.54. The summed E-state index contributed by atoms with van der Waals surface area (Å²) < 4.78 is 0. The molecule has 0 aliphatic carbocycles. The number of likely N-dealkylation sites (tertiary alicyclic amines) is 1. The lowest BCUT2D eigenvalue weighted by atomic mass is 10.1. The number of piperidine rings is 1. The van der Waals surface area contributed by atoms with Gasteiger partial charge in [-0.2, -0.15) is 0 Å². The molecule has 1 saturated heterocycles. The molecule has 1 fully saturated rings. The highest BCUT2D eigenvalue weighted by Gasteiger charge is 2.17. The number of aliphatic hydroxyl groups excluding tert-OH is 1. The van der Waals surface area contributed by atoms with Gasteiger partial charge in [0.25, 0.3) is 5.91 Å². The summed E-state index contributed by atoms with van der Waals surface area (Å²) in [5.41, 5.74) is 3.52. The van der Waals surface area contributed by atoms with Gasteiger partial charge in [0.1, 0.15) is 5.15 Å². The number of carbonyl (C=O) groups excluding carboxylic acids is 1. The van der Waals surface area contributed by atoms with E-state index in [1.165, 1.54) is 5.56 Å². The van der Waals surface area contributed by atoms with E-state index in [9.17, 15) is 9.90 Å². The average Bonchev–Trinajstić information content (AvgIpc) is 2.74. The van der Waals surface area contributed by atoms with Crippen molar-refractivity contribution in [2.45, 2.75) is 32.0 Å². The fraction of sp³-hybridized carbons (Fsp3) is 0.304. The number of benzene rings is 2. The molecule has 2 N–H and O–H groups in total. The summed E-state index contributed by atoms with van der Waals surface area (Å²) in [5.74, 6) is -0.165. The first-order chi connectivity index (χ1) is 14.1.